The molecule has 2 heterocycles. The van der Waals surface area contributed by atoms with Gasteiger partial charge in [0.05, 0.1) is 12.8 Å². The minimum atomic E-state index is 0.724. The molecule has 0 spiro atoms. The summed E-state index contributed by atoms with van der Waals surface area (Å²) in [6.07, 6.45) is 2.95. The summed E-state index contributed by atoms with van der Waals surface area (Å²) in [5.74, 6) is 0.955. The second-order valence-corrected chi connectivity index (χ2v) is 5.81. The van der Waals surface area contributed by atoms with E-state index in [2.05, 4.69) is 46.3 Å². The molecule has 22 heavy (non-hydrogen) atoms. The minimum absolute atomic E-state index is 0.724. The van der Waals surface area contributed by atoms with E-state index >= 15 is 0 Å². The van der Waals surface area contributed by atoms with Crippen LogP contribution < -0.4 is 10.2 Å². The zero-order valence-corrected chi connectivity index (χ0v) is 13.3. The lowest BCUT2D eigenvalue weighted by molar-refractivity contribution is 0.258. The molecule has 0 amide bonds. The first kappa shape index (κ1) is 15.0. The summed E-state index contributed by atoms with van der Waals surface area (Å²) in [4.78, 5) is 5.03. The third-order valence-electron chi connectivity index (χ3n) is 4.19. The Bertz CT molecular complexity index is 542. The Labute approximate surface area is 132 Å². The van der Waals surface area contributed by atoms with E-state index in [1.165, 1.54) is 31.7 Å². The Hall–Kier alpha value is -1.94. The van der Waals surface area contributed by atoms with Crippen molar-refractivity contribution in [2.45, 2.75) is 19.9 Å². The summed E-state index contributed by atoms with van der Waals surface area (Å²) >= 11 is 0. The van der Waals surface area contributed by atoms with Crippen molar-refractivity contribution in [3.63, 3.8) is 0 Å². The monoisotopic (exact) mass is 299 g/mol. The highest BCUT2D eigenvalue weighted by atomic mass is 16.3. The lowest BCUT2D eigenvalue weighted by Gasteiger charge is -2.36. The molecule has 0 radical (unpaired) electrons. The van der Waals surface area contributed by atoms with Crippen LogP contribution in [0.25, 0.3) is 0 Å². The third-order valence-corrected chi connectivity index (χ3v) is 4.19. The molecule has 0 saturated carbocycles. The Kier molecular flexibility index (Phi) is 5.01. The lowest BCUT2D eigenvalue weighted by Crippen LogP contribution is -2.46. The predicted octanol–water partition coefficient (Wildman–Crippen LogP) is 3.42. The number of piperazine rings is 1. The SMILES string of the molecule is CCCN1CCN(c2ccc(NCc3ccco3)cc2)CC1. The molecule has 3 rings (SSSR count). The molecule has 1 saturated heterocycles. The molecule has 118 valence electrons. The molecule has 0 aliphatic carbocycles. The van der Waals surface area contributed by atoms with Crippen LogP contribution >= 0.6 is 0 Å². The highest BCUT2D eigenvalue weighted by molar-refractivity contribution is 5.55. The molecule has 0 unspecified atom stereocenters. The molecule has 1 aliphatic heterocycles. The predicted molar refractivity (Wildman–Crippen MR) is 91.4 cm³/mol. The standard InChI is InChI=1S/C18H25N3O/c1-2-9-20-10-12-21(13-11-20)17-7-5-16(6-8-17)19-15-18-4-3-14-22-18/h3-8,14,19H,2,9-13,15H2,1H3. The number of anilines is 2. The number of furan rings is 1. The Morgan fingerprint density at radius 1 is 1.05 bits per heavy atom. The van der Waals surface area contributed by atoms with Gasteiger partial charge in [-0.05, 0) is 49.4 Å². The number of hydrogen-bond acceptors (Lipinski definition) is 4. The maximum Gasteiger partial charge on any atom is 0.122 e. The zero-order valence-electron chi connectivity index (χ0n) is 13.3. The van der Waals surface area contributed by atoms with Crippen LogP contribution in [-0.2, 0) is 6.54 Å². The van der Waals surface area contributed by atoms with Gasteiger partial charge in [-0.15, -0.1) is 0 Å². The van der Waals surface area contributed by atoms with Crippen molar-refractivity contribution < 1.29 is 4.42 Å². The average molecular weight is 299 g/mol. The third kappa shape index (κ3) is 3.83. The molecule has 1 aromatic heterocycles. The summed E-state index contributed by atoms with van der Waals surface area (Å²) in [6, 6.07) is 12.6. The maximum atomic E-state index is 5.33. The van der Waals surface area contributed by atoms with Crippen LogP contribution in [0.3, 0.4) is 0 Å². The van der Waals surface area contributed by atoms with Gasteiger partial charge in [-0.25, -0.2) is 0 Å². The van der Waals surface area contributed by atoms with Crippen LogP contribution in [0.2, 0.25) is 0 Å². The van der Waals surface area contributed by atoms with Gasteiger partial charge in [-0.2, -0.15) is 0 Å². The maximum absolute atomic E-state index is 5.33. The molecule has 1 aromatic carbocycles. The molecule has 2 aromatic rings. The number of benzene rings is 1. The van der Waals surface area contributed by atoms with Gasteiger partial charge >= 0.3 is 0 Å². The van der Waals surface area contributed by atoms with Crippen molar-refractivity contribution in [2.75, 3.05) is 42.9 Å². The fraction of sp³-hybridized carbons (Fsp3) is 0.444. The van der Waals surface area contributed by atoms with E-state index in [4.69, 9.17) is 4.42 Å². The van der Waals surface area contributed by atoms with E-state index in [9.17, 15) is 0 Å². The van der Waals surface area contributed by atoms with E-state index in [1.807, 2.05) is 12.1 Å². The van der Waals surface area contributed by atoms with Gasteiger partial charge in [-0.3, -0.25) is 4.90 Å². The molecule has 1 aliphatic rings. The second-order valence-electron chi connectivity index (χ2n) is 5.81. The molecule has 1 N–H and O–H groups in total. The summed E-state index contributed by atoms with van der Waals surface area (Å²) in [6.45, 7) is 8.79. The topological polar surface area (TPSA) is 31.6 Å². The van der Waals surface area contributed by atoms with E-state index in [0.717, 1.165) is 31.1 Å². The molecule has 0 atom stereocenters. The van der Waals surface area contributed by atoms with Crippen LogP contribution in [0.4, 0.5) is 11.4 Å². The van der Waals surface area contributed by atoms with Crippen LogP contribution in [-0.4, -0.2) is 37.6 Å². The number of hydrogen-bond donors (Lipinski definition) is 1. The normalized spacial score (nSPS) is 16.0. The van der Waals surface area contributed by atoms with Gasteiger partial charge in [0.1, 0.15) is 5.76 Å². The first-order chi connectivity index (χ1) is 10.8. The van der Waals surface area contributed by atoms with Crippen molar-refractivity contribution in [1.29, 1.82) is 0 Å². The quantitative estimate of drug-likeness (QED) is 0.885. The number of rotatable bonds is 6. The van der Waals surface area contributed by atoms with Gasteiger partial charge in [-0.1, -0.05) is 6.92 Å². The molecule has 0 bridgehead atoms. The van der Waals surface area contributed by atoms with Gasteiger partial charge in [0.25, 0.3) is 0 Å². The average Bonchev–Trinajstić information content (AvgIpc) is 3.08. The summed E-state index contributed by atoms with van der Waals surface area (Å²) in [7, 11) is 0. The molecule has 4 heteroatoms. The number of nitrogens with zero attached hydrogens (tertiary/aromatic N) is 2. The summed E-state index contributed by atoms with van der Waals surface area (Å²) in [5, 5.41) is 3.38. The van der Waals surface area contributed by atoms with Crippen molar-refractivity contribution in [1.82, 2.24) is 4.90 Å². The van der Waals surface area contributed by atoms with E-state index in [1.54, 1.807) is 6.26 Å². The molecule has 4 nitrogen and oxygen atoms in total. The first-order valence-electron chi connectivity index (χ1n) is 8.19. The van der Waals surface area contributed by atoms with Crippen LogP contribution in [0.5, 0.6) is 0 Å². The molecular weight excluding hydrogens is 274 g/mol. The Morgan fingerprint density at radius 2 is 1.82 bits per heavy atom. The van der Waals surface area contributed by atoms with Gasteiger partial charge in [0, 0.05) is 37.6 Å². The van der Waals surface area contributed by atoms with Crippen molar-refractivity contribution >= 4 is 11.4 Å². The summed E-state index contributed by atoms with van der Waals surface area (Å²) < 4.78 is 5.33. The highest BCUT2D eigenvalue weighted by Gasteiger charge is 2.16. The smallest absolute Gasteiger partial charge is 0.122 e. The summed E-state index contributed by atoms with van der Waals surface area (Å²) in [5.41, 5.74) is 2.45. The van der Waals surface area contributed by atoms with E-state index in [-0.39, 0.29) is 0 Å². The largest absolute Gasteiger partial charge is 0.467 e. The lowest BCUT2D eigenvalue weighted by atomic mass is 10.2. The Balaban J connectivity index is 1.51. The highest BCUT2D eigenvalue weighted by Crippen LogP contribution is 2.20. The minimum Gasteiger partial charge on any atom is -0.467 e. The van der Waals surface area contributed by atoms with Gasteiger partial charge in [0.15, 0.2) is 0 Å². The second kappa shape index (κ2) is 7.36. The van der Waals surface area contributed by atoms with Crippen LogP contribution in [0.15, 0.2) is 47.1 Å². The van der Waals surface area contributed by atoms with Crippen molar-refractivity contribution in [3.8, 4) is 0 Å². The molecule has 1 fully saturated rings. The van der Waals surface area contributed by atoms with Gasteiger partial charge < -0.3 is 14.6 Å². The van der Waals surface area contributed by atoms with Crippen molar-refractivity contribution in [2.24, 2.45) is 0 Å². The number of nitrogens with one attached hydrogen (secondary N) is 1. The fourth-order valence-corrected chi connectivity index (χ4v) is 2.94. The fourth-order valence-electron chi connectivity index (χ4n) is 2.94. The molecular formula is C18H25N3O. The van der Waals surface area contributed by atoms with E-state index in [0.29, 0.717) is 0 Å². The van der Waals surface area contributed by atoms with E-state index < -0.39 is 0 Å². The van der Waals surface area contributed by atoms with Crippen LogP contribution in [0.1, 0.15) is 19.1 Å². The zero-order chi connectivity index (χ0) is 15.2. The Morgan fingerprint density at radius 3 is 2.45 bits per heavy atom. The van der Waals surface area contributed by atoms with Crippen molar-refractivity contribution in [3.05, 3.63) is 48.4 Å². The van der Waals surface area contributed by atoms with Gasteiger partial charge in [0.2, 0.25) is 0 Å². The van der Waals surface area contributed by atoms with Crippen LogP contribution in [0, 0.1) is 0 Å². The first-order valence-corrected chi connectivity index (χ1v) is 8.19.